The van der Waals surface area contributed by atoms with Crippen LogP contribution in [0, 0.1) is 20.8 Å². The maximum Gasteiger partial charge on any atom is 0.257 e. The number of nitrogens with one attached hydrogen (secondary N) is 1. The number of ether oxygens (including phenoxy) is 1. The molecule has 0 bridgehead atoms. The average molecular weight is 260 g/mol. The molecule has 1 amide bonds. The summed E-state index contributed by atoms with van der Waals surface area (Å²) in [5.74, 6) is 1.62. The number of benzene rings is 1. The van der Waals surface area contributed by atoms with Crippen LogP contribution in [-0.4, -0.2) is 18.2 Å². The van der Waals surface area contributed by atoms with E-state index in [4.69, 9.17) is 9.26 Å². The zero-order valence-corrected chi connectivity index (χ0v) is 11.4. The fourth-order valence-electron chi connectivity index (χ4n) is 1.87. The van der Waals surface area contributed by atoms with Crippen molar-refractivity contribution < 1.29 is 14.1 Å². The number of aryl methyl sites for hydroxylation is 1. The minimum atomic E-state index is -0.212. The number of carbonyl (C=O) groups is 1. The first-order valence-electron chi connectivity index (χ1n) is 5.91. The molecule has 2 aromatic rings. The van der Waals surface area contributed by atoms with Crippen molar-refractivity contribution >= 4 is 11.7 Å². The highest BCUT2D eigenvalue weighted by molar-refractivity contribution is 6.05. The van der Waals surface area contributed by atoms with Gasteiger partial charge in [-0.1, -0.05) is 5.16 Å². The molecule has 5 nitrogen and oxygen atoms in total. The molecule has 0 unspecified atom stereocenters. The largest absolute Gasteiger partial charge is 0.496 e. The zero-order chi connectivity index (χ0) is 14.0. The van der Waals surface area contributed by atoms with Crippen molar-refractivity contribution in [3.05, 3.63) is 40.6 Å². The molecule has 0 spiro atoms. The van der Waals surface area contributed by atoms with Gasteiger partial charge < -0.3 is 14.6 Å². The minimum Gasteiger partial charge on any atom is -0.496 e. The molecule has 2 rings (SSSR count). The van der Waals surface area contributed by atoms with Crippen molar-refractivity contribution in [3.8, 4) is 5.75 Å². The number of nitrogens with zero attached hydrogens (tertiary/aromatic N) is 1. The number of carbonyl (C=O) groups excluding carboxylic acids is 1. The van der Waals surface area contributed by atoms with Gasteiger partial charge in [-0.25, -0.2) is 0 Å². The molecular weight excluding hydrogens is 244 g/mol. The van der Waals surface area contributed by atoms with E-state index in [9.17, 15) is 4.79 Å². The van der Waals surface area contributed by atoms with Crippen molar-refractivity contribution in [3.63, 3.8) is 0 Å². The van der Waals surface area contributed by atoms with E-state index in [1.54, 1.807) is 32.2 Å². The lowest BCUT2D eigenvalue weighted by Gasteiger charge is -2.11. The van der Waals surface area contributed by atoms with Crippen LogP contribution in [0.4, 0.5) is 5.82 Å². The van der Waals surface area contributed by atoms with E-state index in [0.717, 1.165) is 16.9 Å². The van der Waals surface area contributed by atoms with E-state index in [-0.39, 0.29) is 5.91 Å². The van der Waals surface area contributed by atoms with Gasteiger partial charge in [-0.3, -0.25) is 4.79 Å². The lowest BCUT2D eigenvalue weighted by Crippen LogP contribution is -2.14. The highest BCUT2D eigenvalue weighted by atomic mass is 16.5. The molecule has 0 atom stereocenters. The molecule has 19 heavy (non-hydrogen) atoms. The van der Waals surface area contributed by atoms with Crippen molar-refractivity contribution in [1.29, 1.82) is 0 Å². The van der Waals surface area contributed by atoms with Gasteiger partial charge in [-0.2, -0.15) is 0 Å². The number of amides is 1. The molecule has 0 aliphatic rings. The second kappa shape index (κ2) is 5.14. The summed E-state index contributed by atoms with van der Waals surface area (Å²) in [6.07, 6.45) is 0. The average Bonchev–Trinajstić information content (AvgIpc) is 2.78. The molecule has 100 valence electrons. The molecule has 0 fully saturated rings. The van der Waals surface area contributed by atoms with Gasteiger partial charge >= 0.3 is 0 Å². The predicted octanol–water partition coefficient (Wildman–Crippen LogP) is 2.86. The van der Waals surface area contributed by atoms with E-state index in [2.05, 4.69) is 10.5 Å². The fourth-order valence-corrected chi connectivity index (χ4v) is 1.87. The summed E-state index contributed by atoms with van der Waals surface area (Å²) in [6, 6.07) is 5.19. The molecule has 1 N–H and O–H groups in total. The maximum absolute atomic E-state index is 12.2. The molecule has 0 radical (unpaired) electrons. The highest BCUT2D eigenvalue weighted by Gasteiger charge is 2.14. The number of methoxy groups -OCH3 is 1. The first-order chi connectivity index (χ1) is 9.02. The molecule has 1 heterocycles. The summed E-state index contributed by atoms with van der Waals surface area (Å²) < 4.78 is 10.1. The topological polar surface area (TPSA) is 64.4 Å². The fraction of sp³-hybridized carbons (Fsp3) is 0.286. The monoisotopic (exact) mass is 260 g/mol. The van der Waals surface area contributed by atoms with Crippen LogP contribution >= 0.6 is 0 Å². The lowest BCUT2D eigenvalue weighted by molar-refractivity contribution is 0.102. The van der Waals surface area contributed by atoms with Crippen LogP contribution in [0.25, 0.3) is 0 Å². The second-order valence-electron chi connectivity index (χ2n) is 4.34. The summed E-state index contributed by atoms with van der Waals surface area (Å²) in [6.45, 7) is 5.58. The first kappa shape index (κ1) is 13.1. The van der Waals surface area contributed by atoms with E-state index >= 15 is 0 Å². The lowest BCUT2D eigenvalue weighted by atomic mass is 10.0. The van der Waals surface area contributed by atoms with Crippen LogP contribution in [-0.2, 0) is 0 Å². The van der Waals surface area contributed by atoms with Crippen LogP contribution in [0.2, 0.25) is 0 Å². The van der Waals surface area contributed by atoms with Gasteiger partial charge in [-0.15, -0.1) is 0 Å². The van der Waals surface area contributed by atoms with Gasteiger partial charge in [-0.05, 0) is 44.0 Å². The van der Waals surface area contributed by atoms with Gasteiger partial charge in [0.2, 0.25) is 0 Å². The Morgan fingerprint density at radius 2 is 2.00 bits per heavy atom. The molecule has 1 aromatic heterocycles. The third-order valence-electron chi connectivity index (χ3n) is 3.07. The van der Waals surface area contributed by atoms with Crippen molar-refractivity contribution in [2.45, 2.75) is 20.8 Å². The molecule has 5 heteroatoms. The van der Waals surface area contributed by atoms with Gasteiger partial charge in [0, 0.05) is 11.6 Å². The third kappa shape index (κ3) is 2.59. The van der Waals surface area contributed by atoms with Gasteiger partial charge in [0.05, 0.1) is 7.11 Å². The summed E-state index contributed by atoms with van der Waals surface area (Å²) in [5, 5.41) is 6.44. The molecule has 1 aromatic carbocycles. The summed E-state index contributed by atoms with van der Waals surface area (Å²) in [5.41, 5.74) is 2.43. The molecular formula is C14H16N2O3. The van der Waals surface area contributed by atoms with E-state index in [1.165, 1.54) is 0 Å². The summed E-state index contributed by atoms with van der Waals surface area (Å²) in [4.78, 5) is 12.2. The smallest absolute Gasteiger partial charge is 0.257 e. The molecule has 0 saturated carbocycles. The van der Waals surface area contributed by atoms with Gasteiger partial charge in [0.15, 0.2) is 5.82 Å². The molecule has 0 aliphatic carbocycles. The normalized spacial score (nSPS) is 10.3. The number of hydrogen-bond donors (Lipinski definition) is 1. The Morgan fingerprint density at radius 1 is 1.26 bits per heavy atom. The standard InChI is InChI=1S/C14H16N2O3/c1-8-7-13(16-19-8)15-14(17)11-5-6-12(18-4)10(3)9(11)2/h5-7H,1-4H3,(H,15,16,17). The third-order valence-corrected chi connectivity index (χ3v) is 3.07. The molecule has 0 aliphatic heterocycles. The van der Waals surface area contributed by atoms with Crippen LogP contribution in [0.3, 0.4) is 0 Å². The number of anilines is 1. The van der Waals surface area contributed by atoms with Crippen LogP contribution in [0.1, 0.15) is 27.2 Å². The number of hydrogen-bond acceptors (Lipinski definition) is 4. The quantitative estimate of drug-likeness (QED) is 0.921. The Balaban J connectivity index is 2.27. The number of aromatic nitrogens is 1. The number of rotatable bonds is 3. The van der Waals surface area contributed by atoms with Crippen molar-refractivity contribution in [1.82, 2.24) is 5.16 Å². The minimum absolute atomic E-state index is 0.212. The SMILES string of the molecule is COc1ccc(C(=O)Nc2cc(C)on2)c(C)c1C. The van der Waals surface area contributed by atoms with Gasteiger partial charge in [0.1, 0.15) is 11.5 Å². The van der Waals surface area contributed by atoms with Crippen LogP contribution in [0.5, 0.6) is 5.75 Å². The Bertz CT molecular complexity index is 617. The highest BCUT2D eigenvalue weighted by Crippen LogP contribution is 2.24. The Labute approximate surface area is 111 Å². The Morgan fingerprint density at radius 3 is 2.58 bits per heavy atom. The second-order valence-corrected chi connectivity index (χ2v) is 4.34. The maximum atomic E-state index is 12.2. The van der Waals surface area contributed by atoms with Gasteiger partial charge in [0.25, 0.3) is 5.91 Å². The van der Waals surface area contributed by atoms with Crippen molar-refractivity contribution in [2.75, 3.05) is 12.4 Å². The molecule has 0 saturated heterocycles. The van der Waals surface area contributed by atoms with Crippen LogP contribution < -0.4 is 10.1 Å². The zero-order valence-electron chi connectivity index (χ0n) is 11.4. The first-order valence-corrected chi connectivity index (χ1v) is 5.91. The predicted molar refractivity (Wildman–Crippen MR) is 71.7 cm³/mol. The summed E-state index contributed by atoms with van der Waals surface area (Å²) >= 11 is 0. The van der Waals surface area contributed by atoms with E-state index < -0.39 is 0 Å². The van der Waals surface area contributed by atoms with Crippen LogP contribution in [0.15, 0.2) is 22.7 Å². The van der Waals surface area contributed by atoms with E-state index in [1.807, 2.05) is 13.8 Å². The summed E-state index contributed by atoms with van der Waals surface area (Å²) in [7, 11) is 1.61. The Hall–Kier alpha value is -2.30. The Kier molecular flexibility index (Phi) is 3.55. The van der Waals surface area contributed by atoms with Crippen molar-refractivity contribution in [2.24, 2.45) is 0 Å². The van der Waals surface area contributed by atoms with E-state index in [0.29, 0.717) is 17.1 Å².